The number of nitrogens with one attached hydrogen (secondary N) is 4. The van der Waals surface area contributed by atoms with Gasteiger partial charge in [0.15, 0.2) is 5.82 Å². The van der Waals surface area contributed by atoms with Gasteiger partial charge in [0.25, 0.3) is 11.8 Å². The topological polar surface area (TPSA) is 169 Å². The molecule has 42 heavy (non-hydrogen) atoms. The van der Waals surface area contributed by atoms with Crippen LogP contribution in [0.4, 0.5) is 0 Å². The zero-order valence-electron chi connectivity index (χ0n) is 23.4. The number of nitriles is 1. The molecule has 0 saturated carbocycles. The molecule has 4 N–H and O–H groups in total. The molecule has 218 valence electrons. The number of amides is 3. The summed E-state index contributed by atoms with van der Waals surface area (Å²) >= 11 is 2.29. The molecule has 1 saturated heterocycles. The fourth-order valence-electron chi connectivity index (χ4n) is 6.17. The number of aromatic nitrogens is 4. The van der Waals surface area contributed by atoms with Crippen LogP contribution in [0.1, 0.15) is 68.1 Å². The van der Waals surface area contributed by atoms with E-state index in [0.717, 1.165) is 28.7 Å². The standard InChI is InChI=1S/C29H32IN9O3/c1-32-26(41)19-7-9-22-17(12-19)5-6-18-13-20(27(42)33-2)8-10-23(18)29(22,28-35-37-38-36-28)14-24(30)34-16-25(40)39-11-3-4-21(39)15-31/h7-10,12-13,21,24,34H,3-6,11,14,16H2,1-2H3,(H,32,41)(H,33,42)(H,35,36,37,38)/t21?,24-/m0/s1. The van der Waals surface area contributed by atoms with Gasteiger partial charge in [-0.1, -0.05) is 34.7 Å². The average Bonchev–Trinajstić information content (AvgIpc) is 3.71. The van der Waals surface area contributed by atoms with Crippen LogP contribution in [0.3, 0.4) is 0 Å². The van der Waals surface area contributed by atoms with E-state index in [4.69, 9.17) is 0 Å². The third-order valence-electron chi connectivity index (χ3n) is 8.20. The van der Waals surface area contributed by atoms with Crippen LogP contribution in [0.5, 0.6) is 0 Å². The highest BCUT2D eigenvalue weighted by molar-refractivity contribution is 14.1. The van der Waals surface area contributed by atoms with E-state index in [9.17, 15) is 19.6 Å². The summed E-state index contributed by atoms with van der Waals surface area (Å²) in [5.41, 5.74) is 4.03. The monoisotopic (exact) mass is 681 g/mol. The normalized spacial score (nSPS) is 17.8. The summed E-state index contributed by atoms with van der Waals surface area (Å²) in [5.74, 6) is 0.0465. The van der Waals surface area contributed by atoms with E-state index < -0.39 is 5.41 Å². The minimum atomic E-state index is -0.891. The number of aryl methyl sites for hydroxylation is 2. The Morgan fingerprint density at radius 1 is 1.10 bits per heavy atom. The highest BCUT2D eigenvalue weighted by atomic mass is 127. The summed E-state index contributed by atoms with van der Waals surface area (Å²) in [6, 6.07) is 13.2. The molecule has 0 bridgehead atoms. The first-order chi connectivity index (χ1) is 20.3. The van der Waals surface area contributed by atoms with Crippen molar-refractivity contribution in [1.82, 2.24) is 41.5 Å². The van der Waals surface area contributed by atoms with E-state index >= 15 is 0 Å². The van der Waals surface area contributed by atoms with Gasteiger partial charge in [-0.15, -0.1) is 5.10 Å². The quantitative estimate of drug-likeness (QED) is 0.158. The first kappa shape index (κ1) is 29.6. The summed E-state index contributed by atoms with van der Waals surface area (Å²) in [7, 11) is 3.20. The molecule has 1 aliphatic heterocycles. The lowest BCUT2D eigenvalue weighted by Gasteiger charge is -2.36. The molecule has 2 aromatic carbocycles. The van der Waals surface area contributed by atoms with Crippen molar-refractivity contribution in [3.8, 4) is 6.07 Å². The number of carbonyl (C=O) groups is 3. The van der Waals surface area contributed by atoms with Crippen LogP contribution >= 0.6 is 22.6 Å². The van der Waals surface area contributed by atoms with E-state index in [2.05, 4.69) is 65.2 Å². The molecule has 1 fully saturated rings. The van der Waals surface area contributed by atoms with Crippen molar-refractivity contribution < 1.29 is 14.4 Å². The van der Waals surface area contributed by atoms with Crippen molar-refractivity contribution in [1.29, 1.82) is 5.26 Å². The van der Waals surface area contributed by atoms with Crippen molar-refractivity contribution in [2.45, 2.75) is 47.6 Å². The summed E-state index contributed by atoms with van der Waals surface area (Å²) in [4.78, 5) is 39.8. The number of tetrazole rings is 1. The van der Waals surface area contributed by atoms with Crippen LogP contribution in [0.2, 0.25) is 0 Å². The zero-order chi connectivity index (χ0) is 29.9. The van der Waals surface area contributed by atoms with E-state index in [1.165, 1.54) is 0 Å². The minimum absolute atomic E-state index is 0.0848. The van der Waals surface area contributed by atoms with Crippen LogP contribution in [0, 0.1) is 11.3 Å². The van der Waals surface area contributed by atoms with Gasteiger partial charge in [0.05, 0.1) is 22.1 Å². The number of carbonyl (C=O) groups excluding carboxylic acids is 3. The fraction of sp³-hybridized carbons (Fsp3) is 0.414. The largest absolute Gasteiger partial charge is 0.355 e. The van der Waals surface area contributed by atoms with E-state index in [1.54, 1.807) is 31.1 Å². The highest BCUT2D eigenvalue weighted by Gasteiger charge is 2.45. The third-order valence-corrected chi connectivity index (χ3v) is 9.08. The Bertz CT molecular complexity index is 1470. The Labute approximate surface area is 257 Å². The van der Waals surface area contributed by atoms with Crippen molar-refractivity contribution in [3.63, 3.8) is 0 Å². The molecule has 3 amide bonds. The van der Waals surface area contributed by atoms with E-state index in [-0.39, 0.29) is 34.4 Å². The molecule has 1 aliphatic carbocycles. The van der Waals surface area contributed by atoms with Crippen molar-refractivity contribution in [2.75, 3.05) is 27.2 Å². The number of alkyl halides is 1. The molecule has 1 aromatic heterocycles. The number of halogens is 1. The van der Waals surface area contributed by atoms with Gasteiger partial charge in [0.1, 0.15) is 6.04 Å². The average molecular weight is 682 g/mol. The number of H-pyrrole nitrogens is 1. The lowest BCUT2D eigenvalue weighted by Crippen LogP contribution is -2.44. The second-order valence-corrected chi connectivity index (χ2v) is 12.0. The Hall–Kier alpha value is -3.90. The van der Waals surface area contributed by atoms with Gasteiger partial charge in [-0.3, -0.25) is 19.7 Å². The lowest BCUT2D eigenvalue weighted by molar-refractivity contribution is -0.130. The number of fused-ring (bicyclic) bond motifs is 2. The zero-order valence-corrected chi connectivity index (χ0v) is 25.6. The van der Waals surface area contributed by atoms with Crippen LogP contribution in [0.25, 0.3) is 0 Å². The lowest BCUT2D eigenvalue weighted by atomic mass is 9.69. The maximum atomic E-state index is 13.0. The fourth-order valence-corrected chi connectivity index (χ4v) is 7.05. The van der Waals surface area contributed by atoms with Crippen LogP contribution < -0.4 is 16.0 Å². The molecule has 2 atom stereocenters. The molecule has 13 heteroatoms. The SMILES string of the molecule is CNC(=O)c1ccc2c(c1)CCc1cc(C(=O)NC)ccc1C2(C[C@@H](I)NCC(=O)N1CCCC1C#N)c1nnn[nH]1. The summed E-state index contributed by atoms with van der Waals surface area (Å²) in [6.07, 6.45) is 3.24. The number of hydrogen-bond donors (Lipinski definition) is 4. The van der Waals surface area contributed by atoms with Gasteiger partial charge in [-0.05, 0) is 89.1 Å². The van der Waals surface area contributed by atoms with Gasteiger partial charge in [-0.25, -0.2) is 5.10 Å². The molecule has 3 aromatic rings. The smallest absolute Gasteiger partial charge is 0.251 e. The Kier molecular flexibility index (Phi) is 8.83. The van der Waals surface area contributed by atoms with Crippen LogP contribution in [-0.4, -0.2) is 80.5 Å². The van der Waals surface area contributed by atoms with Crippen molar-refractivity contribution in [3.05, 3.63) is 75.6 Å². The van der Waals surface area contributed by atoms with E-state index in [1.807, 2.05) is 24.3 Å². The number of rotatable bonds is 8. The molecular formula is C29H32IN9O3. The second kappa shape index (κ2) is 12.5. The maximum Gasteiger partial charge on any atom is 0.251 e. The molecule has 1 unspecified atom stereocenters. The Balaban J connectivity index is 1.59. The van der Waals surface area contributed by atoms with E-state index in [0.29, 0.717) is 49.2 Å². The first-order valence-electron chi connectivity index (χ1n) is 13.8. The van der Waals surface area contributed by atoms with Gasteiger partial charge < -0.3 is 15.5 Å². The number of benzene rings is 2. The molecule has 2 aliphatic rings. The van der Waals surface area contributed by atoms with Gasteiger partial charge in [0.2, 0.25) is 5.91 Å². The number of likely N-dealkylation sites (tertiary alicyclic amines) is 1. The number of hydrogen-bond acceptors (Lipinski definition) is 8. The third kappa shape index (κ3) is 5.48. The molecule has 0 spiro atoms. The first-order valence-corrected chi connectivity index (χ1v) is 15.1. The van der Waals surface area contributed by atoms with Crippen molar-refractivity contribution >= 4 is 40.3 Å². The Morgan fingerprint density at radius 3 is 2.24 bits per heavy atom. The van der Waals surface area contributed by atoms with Crippen LogP contribution in [0.15, 0.2) is 36.4 Å². The summed E-state index contributed by atoms with van der Waals surface area (Å²) in [5, 5.41) is 33.5. The molecule has 2 heterocycles. The predicted molar refractivity (Wildman–Crippen MR) is 162 cm³/mol. The minimum Gasteiger partial charge on any atom is -0.355 e. The molecule has 12 nitrogen and oxygen atoms in total. The molecule has 0 radical (unpaired) electrons. The number of aromatic amines is 1. The summed E-state index contributed by atoms with van der Waals surface area (Å²) in [6.45, 7) is 0.669. The predicted octanol–water partition coefficient (Wildman–Crippen LogP) is 1.61. The molecule has 5 rings (SSSR count). The maximum absolute atomic E-state index is 13.0. The molecular weight excluding hydrogens is 649 g/mol. The Morgan fingerprint density at radius 2 is 1.71 bits per heavy atom. The second-order valence-electron chi connectivity index (χ2n) is 10.5. The number of nitrogens with zero attached hydrogens (tertiary/aromatic N) is 5. The van der Waals surface area contributed by atoms with Crippen molar-refractivity contribution in [2.24, 2.45) is 0 Å². The van der Waals surface area contributed by atoms with Crippen LogP contribution in [-0.2, 0) is 23.1 Å². The van der Waals surface area contributed by atoms with Gasteiger partial charge >= 0.3 is 0 Å². The highest BCUT2D eigenvalue weighted by Crippen LogP contribution is 2.47. The summed E-state index contributed by atoms with van der Waals surface area (Å²) < 4.78 is -0.226. The van der Waals surface area contributed by atoms with Gasteiger partial charge in [0, 0.05) is 31.8 Å². The van der Waals surface area contributed by atoms with Gasteiger partial charge in [-0.2, -0.15) is 5.26 Å².